The van der Waals surface area contributed by atoms with E-state index in [4.69, 9.17) is 5.11 Å². The quantitative estimate of drug-likeness (QED) is 0.526. The lowest BCUT2D eigenvalue weighted by Gasteiger charge is -2.17. The summed E-state index contributed by atoms with van der Waals surface area (Å²) in [6.45, 7) is 4.24. The number of aliphatic hydroxyl groups is 1. The molecular formula is C25H23N3O2. The Labute approximate surface area is 175 Å². The maximum absolute atomic E-state index is 12.6. The van der Waals surface area contributed by atoms with Crippen LogP contribution in [0.15, 0.2) is 67.0 Å². The number of amides is 1. The van der Waals surface area contributed by atoms with Gasteiger partial charge in [0, 0.05) is 24.3 Å². The Morgan fingerprint density at radius 2 is 1.73 bits per heavy atom. The molecule has 2 N–H and O–H groups in total. The summed E-state index contributed by atoms with van der Waals surface area (Å²) in [6.07, 6.45) is 3.59. The van der Waals surface area contributed by atoms with E-state index >= 15 is 0 Å². The Hall–Kier alpha value is -3.57. The monoisotopic (exact) mass is 397 g/mol. The minimum Gasteiger partial charge on any atom is -0.395 e. The van der Waals surface area contributed by atoms with Gasteiger partial charge in [0.05, 0.1) is 12.1 Å². The van der Waals surface area contributed by atoms with E-state index in [0.717, 1.165) is 44.3 Å². The van der Waals surface area contributed by atoms with E-state index in [2.05, 4.69) is 29.1 Å². The summed E-state index contributed by atoms with van der Waals surface area (Å²) in [5.74, 6) is -0.295. The first-order chi connectivity index (χ1) is 14.6. The summed E-state index contributed by atoms with van der Waals surface area (Å²) in [4.78, 5) is 21.4. The largest absolute Gasteiger partial charge is 0.395 e. The lowest BCUT2D eigenvalue weighted by atomic mass is 9.89. The average Bonchev–Trinajstić information content (AvgIpc) is 2.78. The third-order valence-corrected chi connectivity index (χ3v) is 5.23. The maximum Gasteiger partial charge on any atom is 0.270 e. The molecule has 0 bridgehead atoms. The molecule has 2 aromatic heterocycles. The lowest BCUT2D eigenvalue weighted by Crippen LogP contribution is -2.27. The van der Waals surface area contributed by atoms with Crippen LogP contribution in [0.4, 0.5) is 0 Å². The smallest absolute Gasteiger partial charge is 0.270 e. The number of aromatic nitrogens is 2. The number of nitrogens with zero attached hydrogens (tertiary/aromatic N) is 2. The molecule has 0 unspecified atom stereocenters. The molecule has 0 spiro atoms. The van der Waals surface area contributed by atoms with Crippen molar-refractivity contribution in [2.24, 2.45) is 0 Å². The van der Waals surface area contributed by atoms with E-state index in [1.165, 1.54) is 0 Å². The van der Waals surface area contributed by atoms with Gasteiger partial charge in [-0.15, -0.1) is 0 Å². The fraction of sp³-hybridized carbons (Fsp3) is 0.160. The Morgan fingerprint density at radius 3 is 2.43 bits per heavy atom. The van der Waals surface area contributed by atoms with Crippen molar-refractivity contribution in [2.75, 3.05) is 13.2 Å². The predicted molar refractivity (Wildman–Crippen MR) is 119 cm³/mol. The molecule has 0 saturated heterocycles. The van der Waals surface area contributed by atoms with Gasteiger partial charge >= 0.3 is 0 Å². The van der Waals surface area contributed by atoms with Crippen LogP contribution in [-0.4, -0.2) is 34.1 Å². The molecule has 5 heteroatoms. The third-order valence-electron chi connectivity index (χ3n) is 5.23. The fourth-order valence-corrected chi connectivity index (χ4v) is 3.95. The average molecular weight is 397 g/mol. The molecule has 0 atom stereocenters. The topological polar surface area (TPSA) is 75.1 Å². The van der Waals surface area contributed by atoms with E-state index in [1.54, 1.807) is 12.4 Å². The number of fused-ring (bicyclic) bond motifs is 1. The van der Waals surface area contributed by atoms with Gasteiger partial charge in [0.25, 0.3) is 5.91 Å². The van der Waals surface area contributed by atoms with Crippen LogP contribution < -0.4 is 5.32 Å². The molecule has 1 amide bonds. The number of hydrogen-bond acceptors (Lipinski definition) is 4. The second kappa shape index (κ2) is 8.43. The highest BCUT2D eigenvalue weighted by atomic mass is 16.3. The number of hydrogen-bond donors (Lipinski definition) is 2. The summed E-state index contributed by atoms with van der Waals surface area (Å²) in [5.41, 5.74) is 7.56. The summed E-state index contributed by atoms with van der Waals surface area (Å²) in [7, 11) is 0. The normalized spacial score (nSPS) is 10.9. The van der Waals surface area contributed by atoms with Gasteiger partial charge in [0.2, 0.25) is 0 Å². The standard InChI is InChI=1S/C25H23N3O2/c1-16-14-21-24(17(2)23(16)19-8-10-26-11-9-19)20(18-6-4-3-5-7-18)15-22(28-21)25(30)27-12-13-29/h3-11,14-15,29H,12-13H2,1-2H3,(H,27,30). The van der Waals surface area contributed by atoms with Gasteiger partial charge in [0.1, 0.15) is 5.69 Å². The second-order valence-corrected chi connectivity index (χ2v) is 7.22. The molecular weight excluding hydrogens is 374 g/mol. The molecule has 4 aromatic rings. The summed E-state index contributed by atoms with van der Waals surface area (Å²) < 4.78 is 0. The first-order valence-electron chi connectivity index (χ1n) is 9.90. The van der Waals surface area contributed by atoms with E-state index in [0.29, 0.717) is 5.69 Å². The Kier molecular flexibility index (Phi) is 5.55. The third kappa shape index (κ3) is 3.67. The Balaban J connectivity index is 2.01. The molecule has 4 rings (SSSR count). The highest BCUT2D eigenvalue weighted by molar-refractivity contribution is 6.05. The highest BCUT2D eigenvalue weighted by Gasteiger charge is 2.18. The van der Waals surface area contributed by atoms with Crippen LogP contribution in [-0.2, 0) is 0 Å². The molecule has 2 heterocycles. The minimum absolute atomic E-state index is 0.113. The zero-order valence-corrected chi connectivity index (χ0v) is 17.0. The lowest BCUT2D eigenvalue weighted by molar-refractivity contribution is 0.0940. The van der Waals surface area contributed by atoms with Crippen LogP contribution >= 0.6 is 0 Å². The van der Waals surface area contributed by atoms with Crippen molar-refractivity contribution in [1.29, 1.82) is 0 Å². The number of carbonyl (C=O) groups is 1. The van der Waals surface area contributed by atoms with Gasteiger partial charge in [-0.05, 0) is 71.5 Å². The van der Waals surface area contributed by atoms with Gasteiger partial charge in [-0.3, -0.25) is 9.78 Å². The molecule has 0 aliphatic rings. The van der Waals surface area contributed by atoms with Crippen molar-refractivity contribution in [3.63, 3.8) is 0 Å². The summed E-state index contributed by atoms with van der Waals surface area (Å²) in [5, 5.41) is 12.8. The molecule has 5 nitrogen and oxygen atoms in total. The van der Waals surface area contributed by atoms with Crippen molar-refractivity contribution in [3.05, 3.63) is 83.8 Å². The van der Waals surface area contributed by atoms with Crippen LogP contribution in [0, 0.1) is 13.8 Å². The van der Waals surface area contributed by atoms with Crippen LogP contribution in [0.2, 0.25) is 0 Å². The molecule has 0 radical (unpaired) electrons. The van der Waals surface area contributed by atoms with E-state index in [1.807, 2.05) is 54.6 Å². The van der Waals surface area contributed by atoms with Crippen molar-refractivity contribution in [1.82, 2.24) is 15.3 Å². The van der Waals surface area contributed by atoms with Crippen molar-refractivity contribution < 1.29 is 9.90 Å². The number of rotatable bonds is 5. The molecule has 30 heavy (non-hydrogen) atoms. The molecule has 150 valence electrons. The first kappa shape index (κ1) is 19.7. The number of aliphatic hydroxyl groups excluding tert-OH is 1. The van der Waals surface area contributed by atoms with Crippen LogP contribution in [0.25, 0.3) is 33.2 Å². The van der Waals surface area contributed by atoms with Crippen LogP contribution in [0.5, 0.6) is 0 Å². The Bertz CT molecular complexity index is 1210. The molecule has 2 aromatic carbocycles. The van der Waals surface area contributed by atoms with Crippen molar-refractivity contribution in [2.45, 2.75) is 13.8 Å². The zero-order chi connectivity index (χ0) is 21.1. The van der Waals surface area contributed by atoms with Gasteiger partial charge in [-0.1, -0.05) is 30.3 Å². The van der Waals surface area contributed by atoms with Crippen LogP contribution in [0.3, 0.4) is 0 Å². The molecule has 0 fully saturated rings. The van der Waals surface area contributed by atoms with E-state index in [-0.39, 0.29) is 19.1 Å². The molecule has 0 aliphatic carbocycles. The van der Waals surface area contributed by atoms with Crippen molar-refractivity contribution in [3.8, 4) is 22.3 Å². The van der Waals surface area contributed by atoms with E-state index < -0.39 is 0 Å². The number of nitrogens with one attached hydrogen (secondary N) is 1. The number of benzene rings is 2. The number of pyridine rings is 2. The zero-order valence-electron chi connectivity index (χ0n) is 17.0. The Morgan fingerprint density at radius 1 is 1.00 bits per heavy atom. The molecule has 0 saturated carbocycles. The predicted octanol–water partition coefficient (Wildman–Crippen LogP) is 4.30. The van der Waals surface area contributed by atoms with Gasteiger partial charge < -0.3 is 10.4 Å². The van der Waals surface area contributed by atoms with Gasteiger partial charge in [0.15, 0.2) is 0 Å². The van der Waals surface area contributed by atoms with Gasteiger partial charge in [-0.25, -0.2) is 4.98 Å². The fourth-order valence-electron chi connectivity index (χ4n) is 3.95. The van der Waals surface area contributed by atoms with Gasteiger partial charge in [-0.2, -0.15) is 0 Å². The molecule has 0 aliphatic heterocycles. The minimum atomic E-state index is -0.295. The van der Waals surface area contributed by atoms with Crippen molar-refractivity contribution >= 4 is 16.8 Å². The summed E-state index contributed by atoms with van der Waals surface area (Å²) >= 11 is 0. The SMILES string of the molecule is Cc1cc2nc(C(=O)NCCO)cc(-c3ccccc3)c2c(C)c1-c1ccncc1. The highest BCUT2D eigenvalue weighted by Crippen LogP contribution is 2.37. The van der Waals surface area contributed by atoms with Crippen LogP contribution in [0.1, 0.15) is 21.6 Å². The summed E-state index contributed by atoms with van der Waals surface area (Å²) in [6, 6.07) is 17.9. The second-order valence-electron chi connectivity index (χ2n) is 7.22. The maximum atomic E-state index is 12.6. The number of carbonyl (C=O) groups excluding carboxylic acids is 1. The first-order valence-corrected chi connectivity index (χ1v) is 9.90. The van der Waals surface area contributed by atoms with E-state index in [9.17, 15) is 4.79 Å². The number of aryl methyl sites for hydroxylation is 2.